The highest BCUT2D eigenvalue weighted by molar-refractivity contribution is 14.0. The van der Waals surface area contributed by atoms with E-state index in [0.29, 0.717) is 19.1 Å². The van der Waals surface area contributed by atoms with Crippen molar-refractivity contribution < 1.29 is 18.9 Å². The largest absolute Gasteiger partial charge is 0.492 e. The lowest BCUT2D eigenvalue weighted by molar-refractivity contribution is 0.0322. The maximum Gasteiger partial charge on any atom is 0.191 e. The summed E-state index contributed by atoms with van der Waals surface area (Å²) in [4.78, 5) is 7.09. The van der Waals surface area contributed by atoms with Crippen LogP contribution in [0.15, 0.2) is 29.3 Å². The van der Waals surface area contributed by atoms with Crippen molar-refractivity contribution in [2.45, 2.75) is 26.3 Å². The molecule has 9 heteroatoms. The number of morpholine rings is 1. The van der Waals surface area contributed by atoms with Crippen LogP contribution in [0.5, 0.6) is 5.75 Å². The van der Waals surface area contributed by atoms with Gasteiger partial charge in [-0.2, -0.15) is 0 Å². The Morgan fingerprint density at radius 3 is 2.82 bits per heavy atom. The van der Waals surface area contributed by atoms with E-state index in [9.17, 15) is 0 Å². The zero-order valence-electron chi connectivity index (χ0n) is 19.9. The SMILES string of the molecule is CCNC(=NCc1cccc(OCCN2CCOCC2)c1)NCCCOCC1CCOC1.I. The predicted molar refractivity (Wildman–Crippen MR) is 142 cm³/mol. The van der Waals surface area contributed by atoms with Crippen molar-refractivity contribution in [1.82, 2.24) is 15.5 Å². The number of benzene rings is 1. The van der Waals surface area contributed by atoms with E-state index >= 15 is 0 Å². The molecule has 2 saturated heterocycles. The van der Waals surface area contributed by atoms with Crippen LogP contribution < -0.4 is 15.4 Å². The molecule has 0 aliphatic carbocycles. The molecule has 1 unspecified atom stereocenters. The molecule has 0 aromatic heterocycles. The molecular formula is C24H41IN4O4. The first-order valence-electron chi connectivity index (χ1n) is 12.0. The lowest BCUT2D eigenvalue weighted by atomic mass is 10.1. The van der Waals surface area contributed by atoms with Crippen molar-refractivity contribution >= 4 is 29.9 Å². The third kappa shape index (κ3) is 11.7. The van der Waals surface area contributed by atoms with Gasteiger partial charge in [0.25, 0.3) is 0 Å². The van der Waals surface area contributed by atoms with E-state index in [0.717, 1.165) is 102 Å². The third-order valence-corrected chi connectivity index (χ3v) is 5.58. The molecule has 33 heavy (non-hydrogen) atoms. The summed E-state index contributed by atoms with van der Waals surface area (Å²) >= 11 is 0. The van der Waals surface area contributed by atoms with Crippen LogP contribution in [0.4, 0.5) is 0 Å². The Balaban J connectivity index is 0.00000385. The normalized spacial score (nSPS) is 19.2. The molecule has 8 nitrogen and oxygen atoms in total. The number of rotatable bonds is 13. The van der Waals surface area contributed by atoms with Crippen LogP contribution in [0.2, 0.25) is 0 Å². The number of halogens is 1. The Hall–Kier alpha value is -1.14. The summed E-state index contributed by atoms with van der Waals surface area (Å²) in [6.45, 7) is 12.8. The molecule has 0 radical (unpaired) electrons. The summed E-state index contributed by atoms with van der Waals surface area (Å²) in [5, 5.41) is 6.70. The van der Waals surface area contributed by atoms with E-state index in [-0.39, 0.29) is 24.0 Å². The zero-order valence-corrected chi connectivity index (χ0v) is 22.3. The minimum absolute atomic E-state index is 0. The number of ether oxygens (including phenoxy) is 4. The molecule has 1 aromatic rings. The fourth-order valence-electron chi connectivity index (χ4n) is 3.71. The van der Waals surface area contributed by atoms with Crippen LogP contribution in [0.25, 0.3) is 0 Å². The van der Waals surface area contributed by atoms with Gasteiger partial charge in [-0.05, 0) is 37.5 Å². The lowest BCUT2D eigenvalue weighted by Gasteiger charge is -2.26. The van der Waals surface area contributed by atoms with Crippen LogP contribution in [0.1, 0.15) is 25.3 Å². The molecular weight excluding hydrogens is 535 g/mol. The van der Waals surface area contributed by atoms with Crippen molar-refractivity contribution in [1.29, 1.82) is 0 Å². The van der Waals surface area contributed by atoms with Gasteiger partial charge in [-0.3, -0.25) is 4.90 Å². The number of nitrogens with one attached hydrogen (secondary N) is 2. The van der Waals surface area contributed by atoms with E-state index in [1.54, 1.807) is 0 Å². The van der Waals surface area contributed by atoms with Crippen LogP contribution >= 0.6 is 24.0 Å². The first-order valence-corrected chi connectivity index (χ1v) is 12.0. The summed E-state index contributed by atoms with van der Waals surface area (Å²) < 4.78 is 22.5. The number of aliphatic imine (C=N–C) groups is 1. The highest BCUT2D eigenvalue weighted by Gasteiger charge is 2.15. The molecule has 0 saturated carbocycles. The van der Waals surface area contributed by atoms with Gasteiger partial charge < -0.3 is 29.6 Å². The monoisotopic (exact) mass is 576 g/mol. The summed E-state index contributed by atoms with van der Waals surface area (Å²) in [5.41, 5.74) is 1.13. The number of hydrogen-bond acceptors (Lipinski definition) is 6. The molecule has 188 valence electrons. The summed E-state index contributed by atoms with van der Waals surface area (Å²) in [7, 11) is 0. The number of nitrogens with zero attached hydrogens (tertiary/aromatic N) is 2. The smallest absolute Gasteiger partial charge is 0.191 e. The minimum Gasteiger partial charge on any atom is -0.492 e. The summed E-state index contributed by atoms with van der Waals surface area (Å²) in [5.74, 6) is 2.30. The molecule has 0 bridgehead atoms. The average molecular weight is 577 g/mol. The van der Waals surface area contributed by atoms with Crippen LogP contribution in [0, 0.1) is 5.92 Å². The quantitative estimate of drug-likeness (QED) is 0.162. The molecule has 3 rings (SSSR count). The Kier molecular flexibility index (Phi) is 14.7. The van der Waals surface area contributed by atoms with Gasteiger partial charge in [-0.1, -0.05) is 12.1 Å². The maximum absolute atomic E-state index is 5.96. The fraction of sp³-hybridized carbons (Fsp3) is 0.708. The second-order valence-electron chi connectivity index (χ2n) is 8.23. The van der Waals surface area contributed by atoms with Crippen molar-refractivity contribution in [2.75, 3.05) is 79.0 Å². The van der Waals surface area contributed by atoms with Gasteiger partial charge in [-0.15, -0.1) is 24.0 Å². The zero-order chi connectivity index (χ0) is 22.3. The highest BCUT2D eigenvalue weighted by Crippen LogP contribution is 2.14. The molecule has 2 aliphatic rings. The highest BCUT2D eigenvalue weighted by atomic mass is 127. The second-order valence-corrected chi connectivity index (χ2v) is 8.23. The minimum atomic E-state index is 0. The molecule has 1 atom stereocenters. The van der Waals surface area contributed by atoms with Crippen molar-refractivity contribution in [3.05, 3.63) is 29.8 Å². The van der Waals surface area contributed by atoms with Gasteiger partial charge in [0, 0.05) is 51.9 Å². The van der Waals surface area contributed by atoms with Crippen molar-refractivity contribution in [3.63, 3.8) is 0 Å². The van der Waals surface area contributed by atoms with E-state index in [1.807, 2.05) is 12.1 Å². The van der Waals surface area contributed by atoms with Gasteiger partial charge in [0.1, 0.15) is 12.4 Å². The Morgan fingerprint density at radius 1 is 1.15 bits per heavy atom. The van der Waals surface area contributed by atoms with Crippen LogP contribution in [0.3, 0.4) is 0 Å². The van der Waals surface area contributed by atoms with E-state index < -0.39 is 0 Å². The fourth-order valence-corrected chi connectivity index (χ4v) is 3.71. The standard InChI is InChI=1S/C24H40N4O4.HI/c1-2-25-24(26-8-4-12-30-19-22-7-13-31-20-22)27-18-21-5-3-6-23(17-21)32-16-11-28-9-14-29-15-10-28;/h3,5-6,17,22H,2,4,7-16,18-20H2,1H3,(H2,25,26,27);1H. The van der Waals surface area contributed by atoms with E-state index in [2.05, 4.69) is 34.6 Å². The number of hydrogen-bond donors (Lipinski definition) is 2. The Bertz CT molecular complexity index is 668. The Labute approximate surface area is 215 Å². The van der Waals surface area contributed by atoms with Gasteiger partial charge in [0.2, 0.25) is 0 Å². The van der Waals surface area contributed by atoms with Gasteiger partial charge in [0.15, 0.2) is 5.96 Å². The van der Waals surface area contributed by atoms with Crippen LogP contribution in [-0.4, -0.2) is 89.8 Å². The molecule has 2 N–H and O–H groups in total. The number of guanidine groups is 1. The summed E-state index contributed by atoms with van der Waals surface area (Å²) in [6.07, 6.45) is 2.07. The average Bonchev–Trinajstić information content (AvgIpc) is 3.34. The van der Waals surface area contributed by atoms with Crippen LogP contribution in [-0.2, 0) is 20.8 Å². The molecule has 0 spiro atoms. The predicted octanol–water partition coefficient (Wildman–Crippen LogP) is 2.51. The molecule has 0 amide bonds. The lowest BCUT2D eigenvalue weighted by Crippen LogP contribution is -2.38. The van der Waals surface area contributed by atoms with Gasteiger partial charge >= 0.3 is 0 Å². The first kappa shape index (κ1) is 28.1. The van der Waals surface area contributed by atoms with Gasteiger partial charge in [-0.25, -0.2) is 4.99 Å². The third-order valence-electron chi connectivity index (χ3n) is 5.58. The summed E-state index contributed by atoms with van der Waals surface area (Å²) in [6, 6.07) is 8.20. The van der Waals surface area contributed by atoms with E-state index in [1.165, 1.54) is 0 Å². The van der Waals surface area contributed by atoms with Gasteiger partial charge in [0.05, 0.1) is 33.0 Å². The molecule has 1 aromatic carbocycles. The molecule has 2 fully saturated rings. The van der Waals surface area contributed by atoms with Crippen molar-refractivity contribution in [3.8, 4) is 5.75 Å². The topological polar surface area (TPSA) is 76.6 Å². The molecule has 2 aliphatic heterocycles. The maximum atomic E-state index is 5.96. The first-order chi connectivity index (χ1) is 15.8. The molecule has 2 heterocycles. The van der Waals surface area contributed by atoms with Crippen molar-refractivity contribution in [2.24, 2.45) is 10.9 Å². The van der Waals surface area contributed by atoms with E-state index in [4.69, 9.17) is 23.9 Å². The Morgan fingerprint density at radius 2 is 2.03 bits per heavy atom. The second kappa shape index (κ2) is 17.3.